The van der Waals surface area contributed by atoms with Crippen LogP contribution < -0.4 is 10.9 Å². The zero-order chi connectivity index (χ0) is 15.4. The maximum absolute atomic E-state index is 12.4. The van der Waals surface area contributed by atoms with Gasteiger partial charge < -0.3 is 5.32 Å². The molecule has 7 heteroatoms. The second-order valence-corrected chi connectivity index (χ2v) is 7.89. The van der Waals surface area contributed by atoms with Crippen molar-refractivity contribution in [2.24, 2.45) is 5.92 Å². The second-order valence-electron chi connectivity index (χ2n) is 5.68. The topological polar surface area (TPSA) is 64.0 Å². The van der Waals surface area contributed by atoms with E-state index in [0.29, 0.717) is 29.7 Å². The predicted molar refractivity (Wildman–Crippen MR) is 87.5 cm³/mol. The van der Waals surface area contributed by atoms with E-state index in [1.165, 1.54) is 30.1 Å². The molecule has 2 atom stereocenters. The smallest absolute Gasteiger partial charge is 0.291 e. The summed E-state index contributed by atoms with van der Waals surface area (Å²) < 4.78 is 12.8. The molecule has 21 heavy (non-hydrogen) atoms. The third kappa shape index (κ3) is 4.30. The highest BCUT2D eigenvalue weighted by Crippen LogP contribution is 2.27. The largest absolute Gasteiger partial charge is 0.379 e. The maximum Gasteiger partial charge on any atom is 0.291 e. The van der Waals surface area contributed by atoms with E-state index in [-0.39, 0.29) is 10.8 Å². The molecular formula is C14H22ClN3O2S. The number of nitrogens with zero attached hydrogens (tertiary/aromatic N) is 2. The van der Waals surface area contributed by atoms with Crippen molar-refractivity contribution in [1.29, 1.82) is 0 Å². The summed E-state index contributed by atoms with van der Waals surface area (Å²) >= 11 is 6.07. The Labute approximate surface area is 132 Å². The van der Waals surface area contributed by atoms with E-state index in [1.807, 2.05) is 6.92 Å². The average molecular weight is 332 g/mol. The quantitative estimate of drug-likeness (QED) is 0.832. The standard InChI is InChI=1S/C14H22ClN3O2S/c1-10(21(2)20)6-7-16-13-12(15)8-17-18(14(13)19)9-11-4-3-5-11/h8,10-11,16H,3-7,9H2,1-2H3. The van der Waals surface area contributed by atoms with Crippen LogP contribution in [-0.2, 0) is 17.3 Å². The van der Waals surface area contributed by atoms with Gasteiger partial charge in [-0.2, -0.15) is 5.10 Å². The molecule has 1 N–H and O–H groups in total. The SMILES string of the molecule is CC(CCNc1c(Cl)cnn(CC2CCC2)c1=O)S(C)=O. The highest BCUT2D eigenvalue weighted by Gasteiger charge is 2.20. The first kappa shape index (κ1) is 16.5. The summed E-state index contributed by atoms with van der Waals surface area (Å²) in [5.41, 5.74) is 0.236. The molecule has 2 rings (SSSR count). The van der Waals surface area contributed by atoms with Gasteiger partial charge in [0.05, 0.1) is 11.2 Å². The molecule has 0 bridgehead atoms. The maximum atomic E-state index is 12.4. The minimum absolute atomic E-state index is 0.0929. The molecule has 1 aromatic rings. The lowest BCUT2D eigenvalue weighted by atomic mass is 9.85. The zero-order valence-electron chi connectivity index (χ0n) is 12.5. The van der Waals surface area contributed by atoms with Gasteiger partial charge in [-0.1, -0.05) is 24.9 Å². The van der Waals surface area contributed by atoms with Crippen LogP contribution in [0.1, 0.15) is 32.6 Å². The van der Waals surface area contributed by atoms with Crippen molar-refractivity contribution < 1.29 is 4.21 Å². The van der Waals surface area contributed by atoms with E-state index in [4.69, 9.17) is 11.6 Å². The fraction of sp³-hybridized carbons (Fsp3) is 0.714. The van der Waals surface area contributed by atoms with Crippen LogP contribution in [0.3, 0.4) is 0 Å². The van der Waals surface area contributed by atoms with Crippen molar-refractivity contribution >= 4 is 28.1 Å². The summed E-state index contributed by atoms with van der Waals surface area (Å²) in [6, 6.07) is 0. The molecule has 0 aromatic carbocycles. The molecule has 5 nitrogen and oxygen atoms in total. The lowest BCUT2D eigenvalue weighted by Gasteiger charge is -2.25. The summed E-state index contributed by atoms with van der Waals surface area (Å²) in [6.45, 7) is 3.17. The number of nitrogens with one attached hydrogen (secondary N) is 1. The number of rotatable bonds is 7. The van der Waals surface area contributed by atoms with Gasteiger partial charge in [0.25, 0.3) is 5.56 Å². The van der Waals surface area contributed by atoms with Crippen LogP contribution in [0.15, 0.2) is 11.0 Å². The number of aromatic nitrogens is 2. The van der Waals surface area contributed by atoms with Gasteiger partial charge in [0.15, 0.2) is 0 Å². The lowest BCUT2D eigenvalue weighted by Crippen LogP contribution is -2.31. The van der Waals surface area contributed by atoms with Gasteiger partial charge in [-0.25, -0.2) is 4.68 Å². The molecule has 0 saturated heterocycles. The first-order valence-corrected chi connectivity index (χ1v) is 9.30. The molecule has 118 valence electrons. The van der Waals surface area contributed by atoms with Crippen LogP contribution in [0.2, 0.25) is 5.02 Å². The first-order chi connectivity index (χ1) is 9.99. The van der Waals surface area contributed by atoms with E-state index >= 15 is 0 Å². The minimum Gasteiger partial charge on any atom is -0.379 e. The Balaban J connectivity index is 2.02. The fourth-order valence-electron chi connectivity index (χ4n) is 2.25. The Hall–Kier alpha value is -0.880. The number of halogens is 1. The molecule has 1 fully saturated rings. The van der Waals surface area contributed by atoms with Crippen molar-refractivity contribution in [3.8, 4) is 0 Å². The Morgan fingerprint density at radius 3 is 2.86 bits per heavy atom. The lowest BCUT2D eigenvalue weighted by molar-refractivity contribution is 0.262. The Morgan fingerprint density at radius 2 is 2.29 bits per heavy atom. The summed E-state index contributed by atoms with van der Waals surface area (Å²) in [6.07, 6.45) is 7.51. The van der Waals surface area contributed by atoms with E-state index in [0.717, 1.165) is 6.42 Å². The molecule has 1 aliphatic rings. The van der Waals surface area contributed by atoms with E-state index in [9.17, 15) is 9.00 Å². The number of anilines is 1. The van der Waals surface area contributed by atoms with Crippen LogP contribution >= 0.6 is 11.6 Å². The van der Waals surface area contributed by atoms with Gasteiger partial charge in [-0.05, 0) is 25.2 Å². The third-order valence-electron chi connectivity index (χ3n) is 4.07. The second kappa shape index (κ2) is 7.40. The normalized spacial score (nSPS) is 18.0. The summed E-state index contributed by atoms with van der Waals surface area (Å²) in [4.78, 5) is 12.4. The van der Waals surface area contributed by atoms with Crippen LogP contribution in [0, 0.1) is 5.92 Å². The Bertz CT molecular complexity index is 572. The molecule has 2 unspecified atom stereocenters. The van der Waals surface area contributed by atoms with Crippen molar-refractivity contribution in [2.45, 2.75) is 44.4 Å². The number of hydrogen-bond acceptors (Lipinski definition) is 4. The molecule has 1 aliphatic carbocycles. The molecule has 0 amide bonds. The van der Waals surface area contributed by atoms with Crippen LogP contribution in [-0.4, -0.2) is 32.0 Å². The highest BCUT2D eigenvalue weighted by atomic mass is 35.5. The Morgan fingerprint density at radius 1 is 1.57 bits per heavy atom. The molecule has 1 heterocycles. The fourth-order valence-corrected chi connectivity index (χ4v) is 2.89. The monoisotopic (exact) mass is 331 g/mol. The highest BCUT2D eigenvalue weighted by molar-refractivity contribution is 7.84. The summed E-state index contributed by atoms with van der Waals surface area (Å²) in [5.74, 6) is 0.562. The molecule has 1 aromatic heterocycles. The van der Waals surface area contributed by atoms with Gasteiger partial charge in [0, 0.05) is 35.4 Å². The minimum atomic E-state index is -0.853. The van der Waals surface area contributed by atoms with Crippen molar-refractivity contribution in [3.05, 3.63) is 21.6 Å². The van der Waals surface area contributed by atoms with Crippen molar-refractivity contribution in [2.75, 3.05) is 18.1 Å². The molecule has 0 radical (unpaired) electrons. The van der Waals surface area contributed by atoms with Crippen LogP contribution in [0.5, 0.6) is 0 Å². The van der Waals surface area contributed by atoms with Gasteiger partial charge >= 0.3 is 0 Å². The molecule has 0 spiro atoms. The molecular weight excluding hydrogens is 310 g/mol. The van der Waals surface area contributed by atoms with E-state index < -0.39 is 10.8 Å². The molecule has 0 aliphatic heterocycles. The van der Waals surface area contributed by atoms with Crippen LogP contribution in [0.25, 0.3) is 0 Å². The van der Waals surface area contributed by atoms with E-state index in [2.05, 4.69) is 10.4 Å². The van der Waals surface area contributed by atoms with Crippen molar-refractivity contribution in [3.63, 3.8) is 0 Å². The van der Waals surface area contributed by atoms with Gasteiger partial charge in [-0.15, -0.1) is 0 Å². The Kier molecular flexibility index (Phi) is 5.81. The average Bonchev–Trinajstić information content (AvgIpc) is 2.39. The zero-order valence-corrected chi connectivity index (χ0v) is 14.0. The van der Waals surface area contributed by atoms with Gasteiger partial charge in [-0.3, -0.25) is 9.00 Å². The summed E-state index contributed by atoms with van der Waals surface area (Å²) in [5, 5.41) is 7.63. The summed E-state index contributed by atoms with van der Waals surface area (Å²) in [7, 11) is -0.853. The predicted octanol–water partition coefficient (Wildman–Crippen LogP) is 2.27. The number of hydrogen-bond donors (Lipinski definition) is 1. The first-order valence-electron chi connectivity index (χ1n) is 7.30. The van der Waals surface area contributed by atoms with Gasteiger partial charge in [0.1, 0.15) is 5.69 Å². The van der Waals surface area contributed by atoms with Crippen molar-refractivity contribution in [1.82, 2.24) is 9.78 Å². The van der Waals surface area contributed by atoms with E-state index in [1.54, 1.807) is 6.26 Å². The van der Waals surface area contributed by atoms with Crippen LogP contribution in [0.4, 0.5) is 5.69 Å². The third-order valence-corrected chi connectivity index (χ3v) is 5.73. The molecule has 1 saturated carbocycles. The van der Waals surface area contributed by atoms with Gasteiger partial charge in [0.2, 0.25) is 0 Å².